The Morgan fingerprint density at radius 2 is 1.89 bits per heavy atom. The molecule has 0 amide bonds. The van der Waals surface area contributed by atoms with Gasteiger partial charge in [0.1, 0.15) is 5.75 Å². The third-order valence-corrected chi connectivity index (χ3v) is 5.67. The summed E-state index contributed by atoms with van der Waals surface area (Å²) in [5.41, 5.74) is 5.73. The molecule has 0 saturated heterocycles. The van der Waals surface area contributed by atoms with Crippen molar-refractivity contribution in [1.82, 2.24) is 0 Å². The van der Waals surface area contributed by atoms with Gasteiger partial charge in [-0.05, 0) is 85.7 Å². The van der Waals surface area contributed by atoms with Crippen molar-refractivity contribution in [2.45, 2.75) is 39.7 Å². The monoisotopic (exact) mass is 474 g/mol. The molecule has 0 saturated carbocycles. The molecule has 0 atom stereocenters. The maximum Gasteiger partial charge on any atom is 0.129 e. The summed E-state index contributed by atoms with van der Waals surface area (Å²) < 4.78 is 6.92. The Bertz CT molecular complexity index is 882. The number of rotatable bonds is 5. The number of aliphatic imine (C=N–C) groups is 1. The molecular formula is C23H27IN2O. The quantitative estimate of drug-likeness (QED) is 0.367. The first-order valence-corrected chi connectivity index (χ1v) is 10.4. The van der Waals surface area contributed by atoms with Crippen molar-refractivity contribution in [2.75, 3.05) is 18.6 Å². The highest BCUT2D eigenvalue weighted by molar-refractivity contribution is 14.1. The topological polar surface area (TPSA) is 24.8 Å². The number of nitrogens with zero attached hydrogens (tertiary/aromatic N) is 2. The zero-order valence-electron chi connectivity index (χ0n) is 16.7. The minimum atomic E-state index is -0.00507. The number of fused-ring (bicyclic) bond motifs is 1. The highest BCUT2D eigenvalue weighted by atomic mass is 127. The maximum absolute atomic E-state index is 5.71. The Morgan fingerprint density at radius 3 is 2.52 bits per heavy atom. The zero-order valence-corrected chi connectivity index (χ0v) is 18.9. The predicted octanol–water partition coefficient (Wildman–Crippen LogP) is 6.46. The molecule has 0 aromatic heterocycles. The van der Waals surface area contributed by atoms with Crippen LogP contribution in [0.15, 0.2) is 47.5 Å². The lowest BCUT2D eigenvalue weighted by atomic mass is 9.87. The number of anilines is 1. The van der Waals surface area contributed by atoms with Crippen molar-refractivity contribution >= 4 is 45.8 Å². The van der Waals surface area contributed by atoms with E-state index in [1.807, 2.05) is 18.3 Å². The smallest absolute Gasteiger partial charge is 0.129 e. The summed E-state index contributed by atoms with van der Waals surface area (Å²) in [6.07, 6.45) is 5.37. The second kappa shape index (κ2) is 8.05. The molecule has 27 heavy (non-hydrogen) atoms. The highest BCUT2D eigenvalue weighted by Crippen LogP contribution is 2.42. The Labute approximate surface area is 176 Å². The summed E-state index contributed by atoms with van der Waals surface area (Å²) in [5, 5.41) is 0. The van der Waals surface area contributed by atoms with E-state index in [2.05, 4.69) is 90.5 Å². The summed E-state index contributed by atoms with van der Waals surface area (Å²) in [6, 6.07) is 12.6. The van der Waals surface area contributed by atoms with E-state index in [4.69, 9.17) is 4.74 Å². The lowest BCUT2D eigenvalue weighted by molar-refractivity contribution is 0.413. The van der Waals surface area contributed by atoms with Gasteiger partial charge in [-0.15, -0.1) is 0 Å². The Hall–Kier alpha value is -1.82. The molecule has 0 N–H and O–H groups in total. The van der Waals surface area contributed by atoms with Gasteiger partial charge in [0.05, 0.1) is 18.3 Å². The molecule has 0 bridgehead atoms. The Morgan fingerprint density at radius 1 is 1.19 bits per heavy atom. The third-order valence-electron chi connectivity index (χ3n) is 4.96. The number of ether oxygens (including phenoxy) is 1. The third kappa shape index (κ3) is 4.21. The van der Waals surface area contributed by atoms with E-state index < -0.39 is 0 Å². The number of halogens is 1. The summed E-state index contributed by atoms with van der Waals surface area (Å²) in [6.45, 7) is 9.97. The average Bonchev–Trinajstić information content (AvgIpc) is 2.63. The molecule has 0 fully saturated rings. The van der Waals surface area contributed by atoms with Gasteiger partial charge in [0.2, 0.25) is 0 Å². The molecule has 3 rings (SSSR count). The first kappa shape index (κ1) is 19.9. The Kier molecular flexibility index (Phi) is 5.94. The van der Waals surface area contributed by atoms with Crippen molar-refractivity contribution in [3.05, 3.63) is 57.2 Å². The lowest BCUT2D eigenvalue weighted by Crippen LogP contribution is -2.45. The van der Waals surface area contributed by atoms with E-state index in [1.165, 1.54) is 20.4 Å². The van der Waals surface area contributed by atoms with Crippen molar-refractivity contribution in [3.8, 4) is 5.75 Å². The number of hydrogen-bond acceptors (Lipinski definition) is 3. The van der Waals surface area contributed by atoms with Crippen LogP contribution in [0.5, 0.6) is 5.75 Å². The molecule has 1 heterocycles. The molecule has 0 radical (unpaired) electrons. The van der Waals surface area contributed by atoms with Crippen LogP contribution in [-0.4, -0.2) is 25.4 Å². The van der Waals surface area contributed by atoms with Gasteiger partial charge in [0, 0.05) is 39.2 Å². The van der Waals surface area contributed by atoms with Gasteiger partial charge in [-0.1, -0.05) is 13.0 Å². The van der Waals surface area contributed by atoms with Gasteiger partial charge in [0.25, 0.3) is 0 Å². The van der Waals surface area contributed by atoms with Crippen molar-refractivity contribution < 1.29 is 4.74 Å². The molecule has 2 aromatic carbocycles. The van der Waals surface area contributed by atoms with Crippen LogP contribution in [-0.2, 0) is 0 Å². The van der Waals surface area contributed by atoms with Gasteiger partial charge in [-0.2, -0.15) is 0 Å². The highest BCUT2D eigenvalue weighted by Gasteiger charge is 2.31. The van der Waals surface area contributed by atoms with E-state index in [1.54, 1.807) is 7.11 Å². The maximum atomic E-state index is 5.71. The fourth-order valence-corrected chi connectivity index (χ4v) is 4.06. The molecule has 2 aromatic rings. The van der Waals surface area contributed by atoms with Crippen LogP contribution < -0.4 is 9.64 Å². The summed E-state index contributed by atoms with van der Waals surface area (Å²) in [4.78, 5) is 7.11. The first-order valence-electron chi connectivity index (χ1n) is 9.35. The van der Waals surface area contributed by atoms with Gasteiger partial charge in [0.15, 0.2) is 0 Å². The van der Waals surface area contributed by atoms with Crippen LogP contribution in [0.2, 0.25) is 0 Å². The predicted molar refractivity (Wildman–Crippen MR) is 125 cm³/mol. The molecule has 0 unspecified atom stereocenters. The van der Waals surface area contributed by atoms with E-state index in [0.29, 0.717) is 0 Å². The molecular weight excluding hydrogens is 447 g/mol. The van der Waals surface area contributed by atoms with Crippen LogP contribution >= 0.6 is 22.6 Å². The van der Waals surface area contributed by atoms with Crippen LogP contribution in [0.4, 0.5) is 11.4 Å². The fraction of sp³-hybridized carbons (Fsp3) is 0.348. The van der Waals surface area contributed by atoms with E-state index in [9.17, 15) is 0 Å². The molecule has 4 heteroatoms. The number of hydrogen-bond donors (Lipinski definition) is 0. The molecule has 0 spiro atoms. The minimum Gasteiger partial charge on any atom is -0.496 e. The van der Waals surface area contributed by atoms with Crippen molar-refractivity contribution in [3.63, 3.8) is 0 Å². The summed E-state index contributed by atoms with van der Waals surface area (Å²) >= 11 is 2.30. The number of allylic oxidation sites excluding steroid dienone is 1. The van der Waals surface area contributed by atoms with E-state index in [-0.39, 0.29) is 5.54 Å². The van der Waals surface area contributed by atoms with E-state index in [0.717, 1.165) is 30.0 Å². The van der Waals surface area contributed by atoms with Gasteiger partial charge in [-0.3, -0.25) is 4.99 Å². The molecule has 1 aliphatic rings. The Balaban J connectivity index is 2.05. The minimum absolute atomic E-state index is 0.00507. The summed E-state index contributed by atoms with van der Waals surface area (Å²) in [5.74, 6) is 0.856. The number of benzene rings is 2. The lowest BCUT2D eigenvalue weighted by Gasteiger charge is -2.43. The van der Waals surface area contributed by atoms with E-state index >= 15 is 0 Å². The zero-order chi connectivity index (χ0) is 19.6. The fourth-order valence-electron chi connectivity index (χ4n) is 3.70. The molecule has 1 aliphatic heterocycles. The van der Waals surface area contributed by atoms with Gasteiger partial charge < -0.3 is 9.64 Å². The number of methoxy groups -OCH3 is 1. The van der Waals surface area contributed by atoms with Gasteiger partial charge in [-0.25, -0.2) is 0 Å². The van der Waals surface area contributed by atoms with Crippen molar-refractivity contribution in [2.24, 2.45) is 4.99 Å². The van der Waals surface area contributed by atoms with Crippen LogP contribution in [0.3, 0.4) is 0 Å². The van der Waals surface area contributed by atoms with Gasteiger partial charge >= 0.3 is 0 Å². The van der Waals surface area contributed by atoms with Crippen LogP contribution in [0.25, 0.3) is 5.57 Å². The van der Waals surface area contributed by atoms with Crippen LogP contribution in [0, 0.1) is 3.57 Å². The second-order valence-corrected chi connectivity index (χ2v) is 8.72. The summed E-state index contributed by atoms with van der Waals surface area (Å²) in [7, 11) is 1.73. The normalized spacial score (nSPS) is 15.6. The second-order valence-electron chi connectivity index (χ2n) is 7.48. The standard InChI is InChI=1S/C23H27IN2O/c1-6-11-26-21-13-22(27-5)17(12-20(21)16(2)14-23(26,3)4)15-25-19-9-7-18(24)8-10-19/h7-10,12-15H,6,11H2,1-5H3. The molecule has 0 aliphatic carbocycles. The largest absolute Gasteiger partial charge is 0.496 e. The SMILES string of the molecule is CCCN1c2cc(OC)c(C=Nc3ccc(I)cc3)cc2C(C)=CC1(C)C. The molecule has 3 nitrogen and oxygen atoms in total. The average molecular weight is 474 g/mol. The first-order chi connectivity index (χ1) is 12.9. The van der Waals surface area contributed by atoms with Crippen LogP contribution in [0.1, 0.15) is 45.2 Å². The van der Waals surface area contributed by atoms with Crippen molar-refractivity contribution in [1.29, 1.82) is 0 Å². The molecule has 142 valence electrons.